The Morgan fingerprint density at radius 3 is 2.92 bits per heavy atom. The summed E-state index contributed by atoms with van der Waals surface area (Å²) in [6.45, 7) is 2.13. The Bertz CT molecular complexity index is 528. The van der Waals surface area contributed by atoms with Crippen LogP contribution in [0.15, 0.2) is 29.5 Å². The first-order valence-electron chi connectivity index (χ1n) is 9.10. The standard InChI is InChI=1S/C19H29NO5/c1-2-3-4-5-15(21)6-7-16-17-12-14(10-13(17)11-18(16)22)20-25-9-8-19(23)24/h3-4,6-7,13,15-18,21-22H,2,5,8-12H2,1H3,(H,23,24)/b4-3+,7-6?,20-14?/t13-,15?,16+,17-,18+/m1/s1. The zero-order valence-electron chi connectivity index (χ0n) is 14.8. The van der Waals surface area contributed by atoms with Crippen LogP contribution in [-0.2, 0) is 9.63 Å². The van der Waals surface area contributed by atoms with Crippen molar-refractivity contribution in [3.05, 3.63) is 24.3 Å². The van der Waals surface area contributed by atoms with E-state index in [4.69, 9.17) is 9.94 Å². The molecule has 2 rings (SSSR count). The highest BCUT2D eigenvalue weighted by atomic mass is 16.6. The maximum absolute atomic E-state index is 10.5. The fraction of sp³-hybridized carbons (Fsp3) is 0.684. The summed E-state index contributed by atoms with van der Waals surface area (Å²) in [4.78, 5) is 15.5. The number of hydrogen-bond donors (Lipinski definition) is 3. The number of fused-ring (bicyclic) bond motifs is 1. The fourth-order valence-corrected chi connectivity index (χ4v) is 3.79. The monoisotopic (exact) mass is 351 g/mol. The van der Waals surface area contributed by atoms with Gasteiger partial charge in [-0.15, -0.1) is 0 Å². The number of aliphatic hydroxyl groups excluding tert-OH is 2. The quantitative estimate of drug-likeness (QED) is 0.337. The number of nitrogens with zero attached hydrogens (tertiary/aromatic N) is 1. The summed E-state index contributed by atoms with van der Waals surface area (Å²) in [6.07, 6.45) is 10.6. The molecule has 0 heterocycles. The smallest absolute Gasteiger partial charge is 0.306 e. The lowest BCUT2D eigenvalue weighted by molar-refractivity contribution is -0.138. The molecule has 0 radical (unpaired) electrons. The highest BCUT2D eigenvalue weighted by molar-refractivity contribution is 5.86. The molecule has 0 aromatic carbocycles. The van der Waals surface area contributed by atoms with Crippen molar-refractivity contribution in [3.63, 3.8) is 0 Å². The number of aliphatic carboxylic acids is 1. The van der Waals surface area contributed by atoms with E-state index in [0.717, 1.165) is 31.4 Å². The van der Waals surface area contributed by atoms with Gasteiger partial charge in [0, 0.05) is 5.92 Å². The minimum absolute atomic E-state index is 0.0292. The Kier molecular flexibility index (Phi) is 7.65. The maximum atomic E-state index is 10.5. The first-order chi connectivity index (χ1) is 12.0. The first-order valence-corrected chi connectivity index (χ1v) is 9.10. The third-order valence-corrected chi connectivity index (χ3v) is 4.99. The van der Waals surface area contributed by atoms with E-state index in [0.29, 0.717) is 18.3 Å². The first kappa shape index (κ1) is 19.7. The lowest BCUT2D eigenvalue weighted by Crippen LogP contribution is -2.18. The van der Waals surface area contributed by atoms with Gasteiger partial charge >= 0.3 is 5.97 Å². The summed E-state index contributed by atoms with van der Waals surface area (Å²) < 4.78 is 0. The SMILES string of the molecule is CC/C=C/CC(O)C=C[C@H]1[C@@H]2CC(=NOCCC(=O)O)C[C@@H]2C[C@@H]1O. The second kappa shape index (κ2) is 9.73. The summed E-state index contributed by atoms with van der Waals surface area (Å²) in [6, 6.07) is 0. The van der Waals surface area contributed by atoms with E-state index in [2.05, 4.69) is 12.1 Å². The second-order valence-corrected chi connectivity index (χ2v) is 6.91. The molecule has 6 nitrogen and oxygen atoms in total. The molecule has 6 heteroatoms. The Morgan fingerprint density at radius 1 is 1.40 bits per heavy atom. The van der Waals surface area contributed by atoms with Crippen molar-refractivity contribution >= 4 is 11.7 Å². The summed E-state index contributed by atoms with van der Waals surface area (Å²) >= 11 is 0. The average Bonchev–Trinajstić information content (AvgIpc) is 3.06. The lowest BCUT2D eigenvalue weighted by Gasteiger charge is -2.17. The molecule has 140 valence electrons. The van der Waals surface area contributed by atoms with Gasteiger partial charge in [-0.25, -0.2) is 0 Å². The molecule has 2 aliphatic rings. The summed E-state index contributed by atoms with van der Waals surface area (Å²) in [5.74, 6) is -0.180. The van der Waals surface area contributed by atoms with Gasteiger partial charge in [0.2, 0.25) is 0 Å². The van der Waals surface area contributed by atoms with Crippen LogP contribution in [0.2, 0.25) is 0 Å². The van der Waals surface area contributed by atoms with Crippen molar-refractivity contribution in [2.24, 2.45) is 22.9 Å². The number of carbonyl (C=O) groups is 1. The largest absolute Gasteiger partial charge is 0.481 e. The average molecular weight is 351 g/mol. The molecule has 5 atom stereocenters. The molecular formula is C19H29NO5. The molecule has 0 saturated heterocycles. The normalized spacial score (nSPS) is 31.9. The van der Waals surface area contributed by atoms with Crippen LogP contribution in [0.25, 0.3) is 0 Å². The molecule has 0 spiro atoms. The zero-order valence-corrected chi connectivity index (χ0v) is 14.8. The third kappa shape index (κ3) is 5.97. The topological polar surface area (TPSA) is 99.4 Å². The van der Waals surface area contributed by atoms with Crippen LogP contribution in [-0.4, -0.2) is 45.8 Å². The minimum Gasteiger partial charge on any atom is -0.481 e. The van der Waals surface area contributed by atoms with E-state index in [9.17, 15) is 15.0 Å². The van der Waals surface area contributed by atoms with E-state index in [1.165, 1.54) is 0 Å². The van der Waals surface area contributed by atoms with Crippen LogP contribution in [0.3, 0.4) is 0 Å². The van der Waals surface area contributed by atoms with Crippen molar-refractivity contribution in [1.29, 1.82) is 0 Å². The van der Waals surface area contributed by atoms with Gasteiger partial charge in [0.15, 0.2) is 0 Å². The molecule has 25 heavy (non-hydrogen) atoms. The molecule has 0 bridgehead atoms. The number of hydrogen-bond acceptors (Lipinski definition) is 5. The van der Waals surface area contributed by atoms with Gasteiger partial charge in [-0.1, -0.05) is 36.4 Å². The van der Waals surface area contributed by atoms with Crippen LogP contribution in [0.1, 0.15) is 45.4 Å². The molecule has 0 aliphatic heterocycles. The Hall–Kier alpha value is -1.66. The van der Waals surface area contributed by atoms with Gasteiger partial charge in [-0.3, -0.25) is 4.79 Å². The molecule has 3 N–H and O–H groups in total. The lowest BCUT2D eigenvalue weighted by atomic mass is 9.90. The van der Waals surface area contributed by atoms with E-state index in [1.807, 2.05) is 18.2 Å². The van der Waals surface area contributed by atoms with E-state index in [1.54, 1.807) is 6.08 Å². The number of aliphatic hydroxyl groups is 2. The molecule has 0 amide bonds. The second-order valence-electron chi connectivity index (χ2n) is 6.91. The van der Waals surface area contributed by atoms with Crippen molar-refractivity contribution in [2.45, 2.75) is 57.7 Å². The molecule has 2 aliphatic carbocycles. The zero-order chi connectivity index (χ0) is 18.2. The van der Waals surface area contributed by atoms with E-state index >= 15 is 0 Å². The maximum Gasteiger partial charge on any atom is 0.306 e. The number of rotatable bonds is 9. The Labute approximate surface area is 148 Å². The van der Waals surface area contributed by atoms with Crippen LogP contribution in [0, 0.1) is 17.8 Å². The predicted molar refractivity (Wildman–Crippen MR) is 95.2 cm³/mol. The third-order valence-electron chi connectivity index (χ3n) is 4.99. The van der Waals surface area contributed by atoms with Crippen molar-refractivity contribution in [1.82, 2.24) is 0 Å². The number of oxime groups is 1. The molecule has 2 fully saturated rings. The molecule has 2 saturated carbocycles. The summed E-state index contributed by atoms with van der Waals surface area (Å²) in [5.41, 5.74) is 0.942. The van der Waals surface area contributed by atoms with Crippen molar-refractivity contribution in [3.8, 4) is 0 Å². The van der Waals surface area contributed by atoms with Crippen molar-refractivity contribution in [2.75, 3.05) is 6.61 Å². The van der Waals surface area contributed by atoms with Crippen LogP contribution >= 0.6 is 0 Å². The molecule has 0 aromatic heterocycles. The van der Waals surface area contributed by atoms with Gasteiger partial charge in [-0.05, 0) is 43.9 Å². The fourth-order valence-electron chi connectivity index (χ4n) is 3.79. The Morgan fingerprint density at radius 2 is 2.20 bits per heavy atom. The van der Waals surface area contributed by atoms with Crippen LogP contribution in [0.4, 0.5) is 0 Å². The van der Waals surface area contributed by atoms with Crippen molar-refractivity contribution < 1.29 is 25.0 Å². The predicted octanol–water partition coefficient (Wildman–Crippen LogP) is 2.51. The molecular weight excluding hydrogens is 322 g/mol. The number of allylic oxidation sites excluding steroid dienone is 1. The minimum atomic E-state index is -0.899. The van der Waals surface area contributed by atoms with Gasteiger partial charge in [0.1, 0.15) is 6.61 Å². The van der Waals surface area contributed by atoms with Gasteiger partial charge in [0.05, 0.1) is 24.3 Å². The van der Waals surface area contributed by atoms with E-state index in [-0.39, 0.29) is 25.0 Å². The number of carboxylic acid groups (broad SMARTS) is 1. The van der Waals surface area contributed by atoms with Crippen LogP contribution in [0.5, 0.6) is 0 Å². The molecule has 0 aromatic rings. The summed E-state index contributed by atoms with van der Waals surface area (Å²) in [7, 11) is 0. The van der Waals surface area contributed by atoms with Crippen LogP contribution < -0.4 is 0 Å². The molecule has 1 unspecified atom stereocenters. The van der Waals surface area contributed by atoms with Gasteiger partial charge in [-0.2, -0.15) is 0 Å². The number of carboxylic acids is 1. The highest BCUT2D eigenvalue weighted by Gasteiger charge is 2.46. The Balaban J connectivity index is 1.86. The van der Waals surface area contributed by atoms with Gasteiger partial charge < -0.3 is 20.2 Å². The van der Waals surface area contributed by atoms with E-state index < -0.39 is 12.1 Å². The van der Waals surface area contributed by atoms with Gasteiger partial charge in [0.25, 0.3) is 0 Å². The highest BCUT2D eigenvalue weighted by Crippen LogP contribution is 2.47. The summed E-state index contributed by atoms with van der Waals surface area (Å²) in [5, 5.41) is 32.9.